The molecule has 0 radical (unpaired) electrons. The van der Waals surface area contributed by atoms with Gasteiger partial charge in [0, 0.05) is 33.4 Å². The van der Waals surface area contributed by atoms with Crippen LogP contribution in [-0.4, -0.2) is 40.0 Å². The minimum absolute atomic E-state index is 0.574. The van der Waals surface area contributed by atoms with Gasteiger partial charge in [-0.05, 0) is 37.0 Å². The standard InChI is InChI=1S/C16H33NO2/c1-15(2)13-16(7-4-5-8-16)14-17-9-12-19-11-6-10-18-3/h15,17H,4-14H2,1-3H3. The molecule has 0 unspecified atom stereocenters. The van der Waals surface area contributed by atoms with Gasteiger partial charge in [0.2, 0.25) is 0 Å². The summed E-state index contributed by atoms with van der Waals surface area (Å²) in [7, 11) is 1.73. The van der Waals surface area contributed by atoms with Crippen LogP contribution in [0.3, 0.4) is 0 Å². The number of methoxy groups -OCH3 is 1. The fourth-order valence-corrected chi connectivity index (χ4v) is 3.35. The quantitative estimate of drug-likeness (QED) is 0.585. The van der Waals surface area contributed by atoms with E-state index in [4.69, 9.17) is 9.47 Å². The molecule has 1 fully saturated rings. The average Bonchev–Trinajstić information content (AvgIpc) is 2.80. The molecule has 0 amide bonds. The van der Waals surface area contributed by atoms with E-state index >= 15 is 0 Å². The van der Waals surface area contributed by atoms with Crippen LogP contribution < -0.4 is 5.32 Å². The zero-order valence-electron chi connectivity index (χ0n) is 13.2. The average molecular weight is 271 g/mol. The Morgan fingerprint density at radius 2 is 1.84 bits per heavy atom. The van der Waals surface area contributed by atoms with Crippen molar-refractivity contribution in [1.82, 2.24) is 5.32 Å². The third kappa shape index (κ3) is 7.28. The van der Waals surface area contributed by atoms with Gasteiger partial charge in [-0.1, -0.05) is 26.7 Å². The topological polar surface area (TPSA) is 30.5 Å². The van der Waals surface area contributed by atoms with E-state index in [9.17, 15) is 0 Å². The fraction of sp³-hybridized carbons (Fsp3) is 1.00. The molecule has 1 saturated carbocycles. The summed E-state index contributed by atoms with van der Waals surface area (Å²) in [5.74, 6) is 0.810. The highest BCUT2D eigenvalue weighted by molar-refractivity contribution is 4.87. The van der Waals surface area contributed by atoms with Crippen LogP contribution in [0.2, 0.25) is 0 Å². The second kappa shape index (κ2) is 9.73. The summed E-state index contributed by atoms with van der Waals surface area (Å²) < 4.78 is 10.6. The molecule has 0 aromatic rings. The van der Waals surface area contributed by atoms with Crippen LogP contribution in [0, 0.1) is 11.3 Å². The number of ether oxygens (including phenoxy) is 2. The van der Waals surface area contributed by atoms with Gasteiger partial charge in [0.25, 0.3) is 0 Å². The molecule has 0 aliphatic heterocycles. The van der Waals surface area contributed by atoms with Gasteiger partial charge in [-0.25, -0.2) is 0 Å². The number of nitrogens with one attached hydrogen (secondary N) is 1. The molecule has 0 spiro atoms. The molecule has 3 heteroatoms. The van der Waals surface area contributed by atoms with Gasteiger partial charge in [0.1, 0.15) is 0 Å². The molecule has 0 bridgehead atoms. The zero-order chi connectivity index (χ0) is 14.0. The molecule has 1 N–H and O–H groups in total. The molecule has 1 aliphatic rings. The number of rotatable bonds is 11. The van der Waals surface area contributed by atoms with Crippen molar-refractivity contribution in [1.29, 1.82) is 0 Å². The Morgan fingerprint density at radius 3 is 2.47 bits per heavy atom. The van der Waals surface area contributed by atoms with Crippen molar-refractivity contribution in [2.24, 2.45) is 11.3 Å². The number of hydrogen-bond acceptors (Lipinski definition) is 3. The van der Waals surface area contributed by atoms with Crippen molar-refractivity contribution < 1.29 is 9.47 Å². The minimum Gasteiger partial charge on any atom is -0.385 e. The lowest BCUT2D eigenvalue weighted by atomic mass is 9.78. The third-order valence-electron chi connectivity index (χ3n) is 4.07. The van der Waals surface area contributed by atoms with Gasteiger partial charge in [-0.2, -0.15) is 0 Å². The summed E-state index contributed by atoms with van der Waals surface area (Å²) in [6.45, 7) is 9.27. The lowest BCUT2D eigenvalue weighted by molar-refractivity contribution is 0.102. The molecule has 0 aromatic heterocycles. The molecule has 1 rings (SSSR count). The van der Waals surface area contributed by atoms with Crippen LogP contribution >= 0.6 is 0 Å². The molecule has 0 atom stereocenters. The summed E-state index contributed by atoms with van der Waals surface area (Å²) >= 11 is 0. The molecule has 3 nitrogen and oxygen atoms in total. The Morgan fingerprint density at radius 1 is 1.11 bits per heavy atom. The normalized spacial score (nSPS) is 18.3. The van der Waals surface area contributed by atoms with Crippen LogP contribution in [0.5, 0.6) is 0 Å². The highest BCUT2D eigenvalue weighted by atomic mass is 16.5. The van der Waals surface area contributed by atoms with E-state index in [1.807, 2.05) is 0 Å². The second-order valence-corrected chi connectivity index (χ2v) is 6.44. The first-order valence-electron chi connectivity index (χ1n) is 7.96. The Hall–Kier alpha value is -0.120. The zero-order valence-corrected chi connectivity index (χ0v) is 13.2. The Bertz CT molecular complexity index is 213. The Labute approximate surface area is 119 Å². The minimum atomic E-state index is 0.574. The fourth-order valence-electron chi connectivity index (χ4n) is 3.35. The van der Waals surface area contributed by atoms with E-state index in [0.29, 0.717) is 5.41 Å². The largest absolute Gasteiger partial charge is 0.385 e. The first-order chi connectivity index (χ1) is 9.18. The van der Waals surface area contributed by atoms with Crippen molar-refractivity contribution in [3.05, 3.63) is 0 Å². The Balaban J connectivity index is 2.05. The summed E-state index contributed by atoms with van der Waals surface area (Å²) in [4.78, 5) is 0. The molecule has 114 valence electrons. The summed E-state index contributed by atoms with van der Waals surface area (Å²) in [6.07, 6.45) is 8.02. The van der Waals surface area contributed by atoms with Gasteiger partial charge < -0.3 is 14.8 Å². The van der Waals surface area contributed by atoms with Crippen LogP contribution in [0.4, 0.5) is 0 Å². The van der Waals surface area contributed by atoms with Crippen molar-refractivity contribution in [3.8, 4) is 0 Å². The van der Waals surface area contributed by atoms with Gasteiger partial charge in [0.15, 0.2) is 0 Å². The van der Waals surface area contributed by atoms with E-state index in [1.54, 1.807) is 7.11 Å². The second-order valence-electron chi connectivity index (χ2n) is 6.44. The molecule has 19 heavy (non-hydrogen) atoms. The SMILES string of the molecule is COCCCOCCNCC1(CC(C)C)CCCC1. The highest BCUT2D eigenvalue weighted by Gasteiger charge is 2.33. The monoisotopic (exact) mass is 271 g/mol. The summed E-state index contributed by atoms with van der Waals surface area (Å²) in [5, 5.41) is 3.61. The van der Waals surface area contributed by atoms with Gasteiger partial charge in [-0.3, -0.25) is 0 Å². The van der Waals surface area contributed by atoms with E-state index in [2.05, 4.69) is 19.2 Å². The lowest BCUT2D eigenvalue weighted by Gasteiger charge is -2.31. The first kappa shape index (κ1) is 16.9. The number of hydrogen-bond donors (Lipinski definition) is 1. The van der Waals surface area contributed by atoms with Crippen molar-refractivity contribution in [2.75, 3.05) is 40.0 Å². The van der Waals surface area contributed by atoms with Crippen LogP contribution in [0.15, 0.2) is 0 Å². The van der Waals surface area contributed by atoms with E-state index in [0.717, 1.165) is 38.7 Å². The van der Waals surface area contributed by atoms with Crippen molar-refractivity contribution >= 4 is 0 Å². The van der Waals surface area contributed by atoms with E-state index in [1.165, 1.54) is 38.6 Å². The van der Waals surface area contributed by atoms with Crippen LogP contribution in [0.25, 0.3) is 0 Å². The molecular weight excluding hydrogens is 238 g/mol. The summed E-state index contributed by atoms with van der Waals surface area (Å²) in [5.41, 5.74) is 0.574. The maximum atomic E-state index is 5.57. The predicted molar refractivity (Wildman–Crippen MR) is 80.5 cm³/mol. The Kier molecular flexibility index (Phi) is 8.67. The van der Waals surface area contributed by atoms with Crippen molar-refractivity contribution in [3.63, 3.8) is 0 Å². The smallest absolute Gasteiger partial charge is 0.0590 e. The predicted octanol–water partition coefficient (Wildman–Crippen LogP) is 3.24. The molecule has 1 aliphatic carbocycles. The van der Waals surface area contributed by atoms with Crippen LogP contribution in [-0.2, 0) is 9.47 Å². The lowest BCUT2D eigenvalue weighted by Crippen LogP contribution is -2.35. The van der Waals surface area contributed by atoms with E-state index < -0.39 is 0 Å². The van der Waals surface area contributed by atoms with Gasteiger partial charge in [-0.15, -0.1) is 0 Å². The highest BCUT2D eigenvalue weighted by Crippen LogP contribution is 2.42. The summed E-state index contributed by atoms with van der Waals surface area (Å²) in [6, 6.07) is 0. The third-order valence-corrected chi connectivity index (χ3v) is 4.07. The maximum absolute atomic E-state index is 5.57. The molecule has 0 heterocycles. The van der Waals surface area contributed by atoms with Gasteiger partial charge in [0.05, 0.1) is 6.61 Å². The molecular formula is C16H33NO2. The van der Waals surface area contributed by atoms with Gasteiger partial charge >= 0.3 is 0 Å². The van der Waals surface area contributed by atoms with E-state index in [-0.39, 0.29) is 0 Å². The molecule has 0 aromatic carbocycles. The first-order valence-corrected chi connectivity index (χ1v) is 7.96. The molecule has 0 saturated heterocycles. The van der Waals surface area contributed by atoms with Crippen molar-refractivity contribution in [2.45, 2.75) is 52.4 Å². The van der Waals surface area contributed by atoms with Crippen LogP contribution in [0.1, 0.15) is 52.4 Å². The maximum Gasteiger partial charge on any atom is 0.0590 e.